The van der Waals surface area contributed by atoms with Crippen LogP contribution in [-0.2, 0) is 32.7 Å². The Morgan fingerprint density at radius 3 is 1.39 bits per heavy atom. The SMILES string of the molecule is CC/C=C\C/C=C\C/C=C\C/C=C\C/C=C\CCCCCCCCCC(=O)OC(COC(=O)C/C=C\C/C=C\C/C=C\C/C=C\C/C=C\CC)COP(=O)(O)OCCN. The molecule has 0 aromatic rings. The van der Waals surface area contributed by atoms with Gasteiger partial charge in [-0.25, -0.2) is 4.57 Å². The van der Waals surface area contributed by atoms with Crippen molar-refractivity contribution >= 4 is 19.8 Å². The van der Waals surface area contributed by atoms with E-state index in [9.17, 15) is 19.0 Å². The molecule has 0 radical (unpaired) electrons. The summed E-state index contributed by atoms with van der Waals surface area (Å²) in [6, 6.07) is 0. The third-order valence-corrected chi connectivity index (χ3v) is 9.36. The Balaban J connectivity index is 4.28. The maximum atomic E-state index is 12.6. The average Bonchev–Trinajstić information content (AvgIpc) is 3.22. The molecule has 9 nitrogen and oxygen atoms in total. The van der Waals surface area contributed by atoms with Gasteiger partial charge in [-0.05, 0) is 83.5 Å². The van der Waals surface area contributed by atoms with Gasteiger partial charge in [-0.2, -0.15) is 0 Å². The number of phosphoric ester groups is 1. The quantitative estimate of drug-likeness (QED) is 0.0268. The number of nitrogens with two attached hydrogens (primary N) is 1. The number of esters is 2. The Morgan fingerprint density at radius 2 is 0.932 bits per heavy atom. The van der Waals surface area contributed by atoms with Crippen molar-refractivity contribution in [3.63, 3.8) is 0 Å². The molecule has 59 heavy (non-hydrogen) atoms. The van der Waals surface area contributed by atoms with Crippen LogP contribution in [0.3, 0.4) is 0 Å². The van der Waals surface area contributed by atoms with Gasteiger partial charge in [-0.1, -0.05) is 167 Å². The molecule has 0 rings (SSSR count). The van der Waals surface area contributed by atoms with Crippen molar-refractivity contribution in [2.75, 3.05) is 26.4 Å². The molecule has 0 heterocycles. The summed E-state index contributed by atoms with van der Waals surface area (Å²) >= 11 is 0. The predicted molar refractivity (Wildman–Crippen MR) is 247 cm³/mol. The molecule has 10 heteroatoms. The van der Waals surface area contributed by atoms with E-state index in [2.05, 4.69) is 117 Å². The zero-order valence-corrected chi connectivity index (χ0v) is 37.3. The van der Waals surface area contributed by atoms with Crippen LogP contribution in [0.1, 0.15) is 142 Å². The number of carbonyl (C=O) groups excluding carboxylic acids is 2. The lowest BCUT2D eigenvalue weighted by molar-refractivity contribution is -0.160. The highest BCUT2D eigenvalue weighted by molar-refractivity contribution is 7.47. The molecular weight excluding hydrogens is 762 g/mol. The molecule has 0 aliphatic carbocycles. The first-order valence-corrected chi connectivity index (χ1v) is 23.5. The summed E-state index contributed by atoms with van der Waals surface area (Å²) in [6.45, 7) is 3.34. The number of hydrogen-bond acceptors (Lipinski definition) is 8. The maximum Gasteiger partial charge on any atom is 0.472 e. The van der Waals surface area contributed by atoms with Crippen LogP contribution in [0, 0.1) is 0 Å². The van der Waals surface area contributed by atoms with E-state index in [-0.39, 0.29) is 32.6 Å². The van der Waals surface area contributed by atoms with Crippen molar-refractivity contribution < 1.29 is 37.6 Å². The molecule has 0 fully saturated rings. The summed E-state index contributed by atoms with van der Waals surface area (Å²) in [5, 5.41) is 0. The van der Waals surface area contributed by atoms with Crippen LogP contribution in [0.5, 0.6) is 0 Å². The Hall–Kier alpha value is -3.59. The molecule has 3 N–H and O–H groups in total. The summed E-state index contributed by atoms with van der Waals surface area (Å²) in [6.07, 6.45) is 59.7. The molecule has 0 aliphatic rings. The van der Waals surface area contributed by atoms with Gasteiger partial charge < -0.3 is 20.1 Å². The van der Waals surface area contributed by atoms with Gasteiger partial charge >= 0.3 is 19.8 Å². The van der Waals surface area contributed by atoms with Gasteiger partial charge in [-0.3, -0.25) is 18.6 Å². The molecule has 0 bridgehead atoms. The molecular formula is C49H78NO8P. The van der Waals surface area contributed by atoms with Crippen LogP contribution >= 0.6 is 7.82 Å². The third-order valence-electron chi connectivity index (χ3n) is 8.38. The highest BCUT2D eigenvalue weighted by atomic mass is 31.2. The fourth-order valence-corrected chi connectivity index (χ4v) is 5.97. The second-order valence-corrected chi connectivity index (χ2v) is 15.3. The van der Waals surface area contributed by atoms with Crippen LogP contribution in [0.4, 0.5) is 0 Å². The lowest BCUT2D eigenvalue weighted by atomic mass is 10.1. The van der Waals surface area contributed by atoms with Crippen LogP contribution in [0.25, 0.3) is 0 Å². The Labute approximate surface area is 358 Å². The fourth-order valence-electron chi connectivity index (χ4n) is 5.20. The van der Waals surface area contributed by atoms with E-state index in [0.29, 0.717) is 12.8 Å². The van der Waals surface area contributed by atoms with Crippen molar-refractivity contribution in [2.45, 2.75) is 148 Å². The van der Waals surface area contributed by atoms with Gasteiger partial charge in [-0.15, -0.1) is 0 Å². The van der Waals surface area contributed by atoms with Crippen LogP contribution in [-0.4, -0.2) is 49.3 Å². The number of allylic oxidation sites excluding steroid dienone is 19. The summed E-state index contributed by atoms with van der Waals surface area (Å²) in [7, 11) is -4.41. The molecule has 2 unspecified atom stereocenters. The average molecular weight is 840 g/mol. The molecule has 332 valence electrons. The van der Waals surface area contributed by atoms with Crippen molar-refractivity contribution in [1.82, 2.24) is 0 Å². The van der Waals surface area contributed by atoms with Gasteiger partial charge in [0.2, 0.25) is 0 Å². The summed E-state index contributed by atoms with van der Waals surface area (Å²) in [5.74, 6) is -1.00. The minimum Gasteiger partial charge on any atom is -0.461 e. The summed E-state index contributed by atoms with van der Waals surface area (Å²) in [5.41, 5.74) is 5.34. The van der Waals surface area contributed by atoms with Gasteiger partial charge in [0.25, 0.3) is 0 Å². The van der Waals surface area contributed by atoms with Crippen molar-refractivity contribution in [2.24, 2.45) is 5.73 Å². The van der Waals surface area contributed by atoms with Gasteiger partial charge in [0.05, 0.1) is 19.6 Å². The zero-order chi connectivity index (χ0) is 43.2. The van der Waals surface area contributed by atoms with E-state index in [0.717, 1.165) is 89.9 Å². The second-order valence-electron chi connectivity index (χ2n) is 13.8. The summed E-state index contributed by atoms with van der Waals surface area (Å²) in [4.78, 5) is 34.8. The second kappa shape index (κ2) is 44.0. The number of ether oxygens (including phenoxy) is 2. The van der Waals surface area contributed by atoms with Gasteiger partial charge in [0.1, 0.15) is 6.61 Å². The van der Waals surface area contributed by atoms with E-state index >= 15 is 0 Å². The molecule has 0 saturated carbocycles. The highest BCUT2D eigenvalue weighted by Gasteiger charge is 2.25. The summed E-state index contributed by atoms with van der Waals surface area (Å²) < 4.78 is 32.6. The molecule has 0 amide bonds. The monoisotopic (exact) mass is 840 g/mol. The van der Waals surface area contributed by atoms with E-state index < -0.39 is 32.5 Å². The maximum absolute atomic E-state index is 12.6. The number of unbranched alkanes of at least 4 members (excludes halogenated alkanes) is 7. The fraction of sp³-hybridized carbons (Fsp3) is 0.551. The van der Waals surface area contributed by atoms with Crippen LogP contribution in [0.2, 0.25) is 0 Å². The topological polar surface area (TPSA) is 134 Å². The minimum absolute atomic E-state index is 0.0326. The van der Waals surface area contributed by atoms with Crippen molar-refractivity contribution in [3.8, 4) is 0 Å². The van der Waals surface area contributed by atoms with Crippen molar-refractivity contribution in [1.29, 1.82) is 0 Å². The normalized spacial score (nSPS) is 14.4. The molecule has 0 aromatic heterocycles. The first kappa shape index (κ1) is 55.4. The lowest BCUT2D eigenvalue weighted by Gasteiger charge is -2.19. The standard InChI is InChI=1S/C49H78NO8P/c1-3-5-7-9-11-13-15-17-19-20-21-22-23-24-25-26-28-30-32-34-36-38-40-42-49(52)58-47(46-57-59(53,54)56-44-43-50)45-55-48(51)41-39-37-35-33-31-29-27-18-16-14-12-10-8-6-4-2/h5-8,11-14,17-19,21-22,24-25,27,31,33,37,39,47H,3-4,9-10,15-16,20,23,26,28-30,32,34-36,38,40-46,50H2,1-2H3,(H,53,54)/b7-5-,8-6-,13-11-,14-12-,19-17-,22-21-,25-24-,27-18-,33-31-,39-37-. The third kappa shape index (κ3) is 43.8. The Bertz CT molecular complexity index is 1370. The first-order chi connectivity index (χ1) is 28.8. The van der Waals surface area contributed by atoms with E-state index in [1.54, 1.807) is 6.08 Å². The lowest BCUT2D eigenvalue weighted by Crippen LogP contribution is -2.29. The molecule has 0 aliphatic heterocycles. The van der Waals surface area contributed by atoms with Crippen LogP contribution in [0.15, 0.2) is 122 Å². The van der Waals surface area contributed by atoms with E-state index in [4.69, 9.17) is 24.3 Å². The molecule has 0 spiro atoms. The van der Waals surface area contributed by atoms with Crippen molar-refractivity contribution in [3.05, 3.63) is 122 Å². The minimum atomic E-state index is -4.41. The Kier molecular flexibility index (Phi) is 41.3. The largest absolute Gasteiger partial charge is 0.472 e. The molecule has 2 atom stereocenters. The van der Waals surface area contributed by atoms with E-state index in [1.165, 1.54) is 12.8 Å². The number of hydrogen-bond donors (Lipinski definition) is 2. The smallest absolute Gasteiger partial charge is 0.461 e. The first-order valence-electron chi connectivity index (χ1n) is 22.0. The van der Waals surface area contributed by atoms with Gasteiger partial charge in [0, 0.05) is 13.0 Å². The number of carbonyl (C=O) groups is 2. The van der Waals surface area contributed by atoms with E-state index in [1.807, 2.05) is 12.2 Å². The highest BCUT2D eigenvalue weighted by Crippen LogP contribution is 2.43. The van der Waals surface area contributed by atoms with Crippen LogP contribution < -0.4 is 5.73 Å². The Morgan fingerprint density at radius 1 is 0.525 bits per heavy atom. The van der Waals surface area contributed by atoms with Gasteiger partial charge in [0.15, 0.2) is 6.10 Å². The molecule has 0 saturated heterocycles. The number of phosphoric acid groups is 1. The predicted octanol–water partition coefficient (Wildman–Crippen LogP) is 12.9. The number of rotatable bonds is 39. The zero-order valence-electron chi connectivity index (χ0n) is 36.4. The molecule has 0 aromatic carbocycles.